The molecule has 0 saturated heterocycles. The Hall–Kier alpha value is -2.68. The van der Waals surface area contributed by atoms with E-state index in [1.54, 1.807) is 6.20 Å². The Bertz CT molecular complexity index is 735. The van der Waals surface area contributed by atoms with Gasteiger partial charge in [0.25, 0.3) is 0 Å². The monoisotopic (exact) mass is 262 g/mol. The Morgan fingerprint density at radius 1 is 1.05 bits per heavy atom. The van der Waals surface area contributed by atoms with E-state index in [9.17, 15) is 4.79 Å². The van der Waals surface area contributed by atoms with Crippen molar-refractivity contribution in [3.8, 4) is 0 Å². The molecule has 0 aliphatic rings. The van der Waals surface area contributed by atoms with Crippen molar-refractivity contribution in [2.75, 3.05) is 5.32 Å². The van der Waals surface area contributed by atoms with E-state index < -0.39 is 0 Å². The highest BCUT2D eigenvalue weighted by molar-refractivity contribution is 5.81. The second kappa shape index (κ2) is 5.53. The molecule has 0 saturated carbocycles. The summed E-state index contributed by atoms with van der Waals surface area (Å²) in [5, 5.41) is 4.49. The first-order valence-corrected chi connectivity index (χ1v) is 6.48. The number of aromatic nitrogens is 1. The number of anilines is 1. The van der Waals surface area contributed by atoms with Crippen LogP contribution in [0.2, 0.25) is 0 Å². The third-order valence-corrected chi connectivity index (χ3v) is 3.22. The van der Waals surface area contributed by atoms with Gasteiger partial charge >= 0.3 is 0 Å². The van der Waals surface area contributed by atoms with Gasteiger partial charge in [0, 0.05) is 29.4 Å². The summed E-state index contributed by atoms with van der Waals surface area (Å²) in [6.45, 7) is 0.720. The van der Waals surface area contributed by atoms with Crippen LogP contribution in [-0.4, -0.2) is 11.3 Å². The van der Waals surface area contributed by atoms with Crippen molar-refractivity contribution in [1.29, 1.82) is 0 Å². The average Bonchev–Trinajstić information content (AvgIpc) is 2.53. The Balaban J connectivity index is 1.74. The predicted octanol–water partition coefficient (Wildman–Crippen LogP) is 3.66. The van der Waals surface area contributed by atoms with Gasteiger partial charge in [-0.2, -0.15) is 0 Å². The van der Waals surface area contributed by atoms with Crippen molar-refractivity contribution in [3.63, 3.8) is 0 Å². The van der Waals surface area contributed by atoms with E-state index in [2.05, 4.69) is 16.4 Å². The standard InChI is InChI=1S/C17H14N2O/c20-12-14-5-3-13(4-6-14)11-19-16-8-7-15-2-1-9-18-17(15)10-16/h1-10,12,19H,11H2. The first-order valence-electron chi connectivity index (χ1n) is 6.48. The van der Waals surface area contributed by atoms with Crippen LogP contribution >= 0.6 is 0 Å². The van der Waals surface area contributed by atoms with Crippen LogP contribution in [-0.2, 0) is 6.54 Å². The maximum absolute atomic E-state index is 10.6. The van der Waals surface area contributed by atoms with Gasteiger partial charge in [-0.15, -0.1) is 0 Å². The van der Waals surface area contributed by atoms with Crippen LogP contribution < -0.4 is 5.32 Å². The van der Waals surface area contributed by atoms with Crippen LogP contribution in [0.15, 0.2) is 60.8 Å². The van der Waals surface area contributed by atoms with Gasteiger partial charge in [-0.3, -0.25) is 9.78 Å². The molecule has 0 unspecified atom stereocenters. The molecule has 3 nitrogen and oxygen atoms in total. The van der Waals surface area contributed by atoms with Gasteiger partial charge in [0.05, 0.1) is 5.52 Å². The second-order valence-corrected chi connectivity index (χ2v) is 4.62. The summed E-state index contributed by atoms with van der Waals surface area (Å²) in [5.74, 6) is 0. The molecule has 0 aliphatic carbocycles. The number of nitrogens with one attached hydrogen (secondary N) is 1. The lowest BCUT2D eigenvalue weighted by Crippen LogP contribution is -1.99. The number of pyridine rings is 1. The van der Waals surface area contributed by atoms with E-state index in [0.29, 0.717) is 5.56 Å². The molecular formula is C17H14N2O. The Labute approximate surface area is 117 Å². The average molecular weight is 262 g/mol. The van der Waals surface area contributed by atoms with E-state index in [4.69, 9.17) is 0 Å². The van der Waals surface area contributed by atoms with Crippen LogP contribution in [0.1, 0.15) is 15.9 Å². The molecule has 1 N–H and O–H groups in total. The molecule has 20 heavy (non-hydrogen) atoms. The molecule has 2 aromatic carbocycles. The number of aldehydes is 1. The summed E-state index contributed by atoms with van der Waals surface area (Å²) in [7, 11) is 0. The Morgan fingerprint density at radius 3 is 2.70 bits per heavy atom. The lowest BCUT2D eigenvalue weighted by atomic mass is 10.1. The molecule has 0 amide bonds. The molecule has 3 heteroatoms. The summed E-state index contributed by atoms with van der Waals surface area (Å²) in [6, 6.07) is 17.7. The first kappa shape index (κ1) is 12.4. The minimum absolute atomic E-state index is 0.698. The van der Waals surface area contributed by atoms with E-state index in [-0.39, 0.29) is 0 Å². The zero-order valence-electron chi connectivity index (χ0n) is 10.9. The van der Waals surface area contributed by atoms with Crippen LogP contribution in [0.5, 0.6) is 0 Å². The topological polar surface area (TPSA) is 42.0 Å². The van der Waals surface area contributed by atoms with Gasteiger partial charge in [0.15, 0.2) is 0 Å². The molecule has 0 fully saturated rings. The normalized spacial score (nSPS) is 10.4. The Kier molecular flexibility index (Phi) is 3.42. The zero-order chi connectivity index (χ0) is 13.8. The summed E-state index contributed by atoms with van der Waals surface area (Å²) in [4.78, 5) is 14.9. The first-order chi connectivity index (χ1) is 9.85. The van der Waals surface area contributed by atoms with Gasteiger partial charge in [0.2, 0.25) is 0 Å². The van der Waals surface area contributed by atoms with Crippen molar-refractivity contribution in [1.82, 2.24) is 4.98 Å². The highest BCUT2D eigenvalue weighted by atomic mass is 16.1. The van der Waals surface area contributed by atoms with Crippen molar-refractivity contribution >= 4 is 22.9 Å². The van der Waals surface area contributed by atoms with Crippen LogP contribution in [0, 0.1) is 0 Å². The number of benzene rings is 2. The van der Waals surface area contributed by atoms with Gasteiger partial charge in [-0.05, 0) is 23.8 Å². The maximum atomic E-state index is 10.6. The van der Waals surface area contributed by atoms with E-state index in [1.165, 1.54) is 0 Å². The lowest BCUT2D eigenvalue weighted by Gasteiger charge is -2.07. The number of nitrogens with zero attached hydrogens (tertiary/aromatic N) is 1. The minimum atomic E-state index is 0.698. The number of rotatable bonds is 4. The van der Waals surface area contributed by atoms with Crippen LogP contribution in [0.4, 0.5) is 5.69 Å². The quantitative estimate of drug-likeness (QED) is 0.730. The van der Waals surface area contributed by atoms with E-state index in [1.807, 2.05) is 48.5 Å². The maximum Gasteiger partial charge on any atom is 0.150 e. The number of carbonyl (C=O) groups excluding carboxylic acids is 1. The van der Waals surface area contributed by atoms with Crippen molar-refractivity contribution in [2.45, 2.75) is 6.54 Å². The molecule has 1 heterocycles. The molecule has 0 bridgehead atoms. The largest absolute Gasteiger partial charge is 0.381 e. The van der Waals surface area contributed by atoms with Crippen LogP contribution in [0.25, 0.3) is 10.9 Å². The van der Waals surface area contributed by atoms with Gasteiger partial charge in [-0.1, -0.05) is 36.4 Å². The SMILES string of the molecule is O=Cc1ccc(CNc2ccc3cccnc3c2)cc1. The summed E-state index contributed by atoms with van der Waals surface area (Å²) >= 11 is 0. The number of hydrogen-bond donors (Lipinski definition) is 1. The van der Waals surface area contributed by atoms with Gasteiger partial charge in [-0.25, -0.2) is 0 Å². The van der Waals surface area contributed by atoms with Crippen molar-refractivity contribution in [3.05, 3.63) is 71.9 Å². The molecule has 98 valence electrons. The fourth-order valence-corrected chi connectivity index (χ4v) is 2.09. The summed E-state index contributed by atoms with van der Waals surface area (Å²) in [6.07, 6.45) is 2.65. The molecule has 0 spiro atoms. The molecule has 0 radical (unpaired) electrons. The zero-order valence-corrected chi connectivity index (χ0v) is 10.9. The Morgan fingerprint density at radius 2 is 1.90 bits per heavy atom. The molecule has 0 aliphatic heterocycles. The minimum Gasteiger partial charge on any atom is -0.381 e. The number of carbonyl (C=O) groups is 1. The number of hydrogen-bond acceptors (Lipinski definition) is 3. The second-order valence-electron chi connectivity index (χ2n) is 4.62. The van der Waals surface area contributed by atoms with Crippen molar-refractivity contribution < 1.29 is 4.79 Å². The fraction of sp³-hybridized carbons (Fsp3) is 0.0588. The molecule has 1 aromatic heterocycles. The van der Waals surface area contributed by atoms with E-state index >= 15 is 0 Å². The summed E-state index contributed by atoms with van der Waals surface area (Å²) in [5.41, 5.74) is 3.85. The van der Waals surface area contributed by atoms with Crippen LogP contribution in [0.3, 0.4) is 0 Å². The van der Waals surface area contributed by atoms with Gasteiger partial charge < -0.3 is 5.32 Å². The third kappa shape index (κ3) is 2.67. The molecular weight excluding hydrogens is 248 g/mol. The highest BCUT2D eigenvalue weighted by Gasteiger charge is 1.98. The molecule has 3 rings (SSSR count). The molecule has 3 aromatic rings. The smallest absolute Gasteiger partial charge is 0.150 e. The summed E-state index contributed by atoms with van der Waals surface area (Å²) < 4.78 is 0. The third-order valence-electron chi connectivity index (χ3n) is 3.22. The van der Waals surface area contributed by atoms with E-state index in [0.717, 1.165) is 35.0 Å². The molecule has 0 atom stereocenters. The predicted molar refractivity (Wildman–Crippen MR) is 80.9 cm³/mol. The van der Waals surface area contributed by atoms with Crippen molar-refractivity contribution in [2.24, 2.45) is 0 Å². The number of fused-ring (bicyclic) bond motifs is 1. The van der Waals surface area contributed by atoms with Gasteiger partial charge in [0.1, 0.15) is 6.29 Å². The highest BCUT2D eigenvalue weighted by Crippen LogP contribution is 2.17. The lowest BCUT2D eigenvalue weighted by molar-refractivity contribution is 0.112. The fourth-order valence-electron chi connectivity index (χ4n) is 2.09.